The highest BCUT2D eigenvalue weighted by Crippen LogP contribution is 2.11. The van der Waals surface area contributed by atoms with Gasteiger partial charge in [-0.15, -0.1) is 11.3 Å². The zero-order valence-corrected chi connectivity index (χ0v) is 8.18. The molecule has 0 fully saturated rings. The summed E-state index contributed by atoms with van der Waals surface area (Å²) in [5.41, 5.74) is 1.06. The lowest BCUT2D eigenvalue weighted by Crippen LogP contribution is -1.95. The van der Waals surface area contributed by atoms with Crippen LogP contribution in [-0.2, 0) is 6.54 Å². The van der Waals surface area contributed by atoms with Crippen molar-refractivity contribution in [2.75, 3.05) is 0 Å². The standard InChI is InChI=1S/C9H8N4S/c1-2-12(7-10-1)5-8-6-13-3-4-14-9(13)11-8/h1-4,6-7H,5H2. The summed E-state index contributed by atoms with van der Waals surface area (Å²) in [5.74, 6) is 0. The summed E-state index contributed by atoms with van der Waals surface area (Å²) >= 11 is 1.65. The molecular formula is C9H8N4S. The summed E-state index contributed by atoms with van der Waals surface area (Å²) in [6.45, 7) is 0.786. The minimum Gasteiger partial charge on any atom is -0.331 e. The average molecular weight is 204 g/mol. The van der Waals surface area contributed by atoms with Crippen molar-refractivity contribution in [1.29, 1.82) is 0 Å². The van der Waals surface area contributed by atoms with Crippen LogP contribution in [0.2, 0.25) is 0 Å². The molecule has 4 nitrogen and oxygen atoms in total. The molecule has 14 heavy (non-hydrogen) atoms. The number of thiazole rings is 1. The van der Waals surface area contributed by atoms with E-state index in [0.717, 1.165) is 17.2 Å². The molecule has 0 saturated carbocycles. The highest BCUT2D eigenvalue weighted by atomic mass is 32.1. The summed E-state index contributed by atoms with van der Waals surface area (Å²) < 4.78 is 4.05. The molecule has 0 spiro atoms. The molecule has 0 atom stereocenters. The quantitative estimate of drug-likeness (QED) is 0.636. The lowest BCUT2D eigenvalue weighted by atomic mass is 10.5. The minimum atomic E-state index is 0.786. The van der Waals surface area contributed by atoms with Crippen molar-refractivity contribution in [2.24, 2.45) is 0 Å². The van der Waals surface area contributed by atoms with Crippen molar-refractivity contribution in [3.05, 3.63) is 42.2 Å². The molecule has 0 amide bonds. The highest BCUT2D eigenvalue weighted by molar-refractivity contribution is 7.15. The molecule has 3 heterocycles. The molecule has 3 aromatic heterocycles. The van der Waals surface area contributed by atoms with Gasteiger partial charge in [0.25, 0.3) is 0 Å². The van der Waals surface area contributed by atoms with E-state index in [9.17, 15) is 0 Å². The second-order valence-corrected chi connectivity index (χ2v) is 3.93. The smallest absolute Gasteiger partial charge is 0.193 e. The van der Waals surface area contributed by atoms with Crippen molar-refractivity contribution < 1.29 is 0 Å². The van der Waals surface area contributed by atoms with E-state index in [1.807, 2.05) is 32.9 Å². The van der Waals surface area contributed by atoms with Crippen molar-refractivity contribution in [2.45, 2.75) is 6.54 Å². The highest BCUT2D eigenvalue weighted by Gasteiger charge is 2.02. The van der Waals surface area contributed by atoms with Gasteiger partial charge in [0.1, 0.15) is 0 Å². The van der Waals surface area contributed by atoms with E-state index in [-0.39, 0.29) is 0 Å². The zero-order chi connectivity index (χ0) is 9.38. The van der Waals surface area contributed by atoms with Gasteiger partial charge < -0.3 is 4.57 Å². The molecule has 0 aliphatic carbocycles. The second kappa shape index (κ2) is 2.95. The SMILES string of the molecule is c1cn(Cc2cn3ccsc3n2)cn1. The first-order valence-electron chi connectivity index (χ1n) is 4.28. The van der Waals surface area contributed by atoms with Crippen LogP contribution in [0.4, 0.5) is 0 Å². The maximum atomic E-state index is 4.48. The number of hydrogen-bond donors (Lipinski definition) is 0. The van der Waals surface area contributed by atoms with E-state index in [1.54, 1.807) is 23.9 Å². The largest absolute Gasteiger partial charge is 0.331 e. The molecule has 0 saturated heterocycles. The Bertz CT molecular complexity index is 505. The summed E-state index contributed by atoms with van der Waals surface area (Å²) in [4.78, 5) is 9.51. The molecule has 0 unspecified atom stereocenters. The van der Waals surface area contributed by atoms with Gasteiger partial charge in [0.2, 0.25) is 0 Å². The number of fused-ring (bicyclic) bond motifs is 1. The molecule has 0 aliphatic heterocycles. The van der Waals surface area contributed by atoms with Gasteiger partial charge in [0.05, 0.1) is 18.6 Å². The van der Waals surface area contributed by atoms with Crippen molar-refractivity contribution in [3.63, 3.8) is 0 Å². The third-order valence-corrected chi connectivity index (χ3v) is 2.82. The Kier molecular flexibility index (Phi) is 1.63. The molecular weight excluding hydrogens is 196 g/mol. The third kappa shape index (κ3) is 1.22. The van der Waals surface area contributed by atoms with E-state index < -0.39 is 0 Å². The van der Waals surface area contributed by atoms with Gasteiger partial charge >= 0.3 is 0 Å². The van der Waals surface area contributed by atoms with Crippen molar-refractivity contribution >= 4 is 16.3 Å². The van der Waals surface area contributed by atoms with Gasteiger partial charge in [-0.1, -0.05) is 0 Å². The Hall–Kier alpha value is -1.62. The van der Waals surface area contributed by atoms with Crippen LogP contribution in [0.15, 0.2) is 36.5 Å². The van der Waals surface area contributed by atoms with E-state index in [2.05, 4.69) is 9.97 Å². The van der Waals surface area contributed by atoms with Crippen LogP contribution in [0.3, 0.4) is 0 Å². The van der Waals surface area contributed by atoms with Gasteiger partial charge in [0.15, 0.2) is 4.96 Å². The fourth-order valence-electron chi connectivity index (χ4n) is 1.42. The molecule has 3 aromatic rings. The second-order valence-electron chi connectivity index (χ2n) is 3.06. The van der Waals surface area contributed by atoms with Crippen LogP contribution >= 0.6 is 11.3 Å². The Balaban J connectivity index is 1.95. The van der Waals surface area contributed by atoms with E-state index >= 15 is 0 Å². The van der Waals surface area contributed by atoms with Crippen LogP contribution in [0.25, 0.3) is 4.96 Å². The van der Waals surface area contributed by atoms with Crippen LogP contribution in [0, 0.1) is 0 Å². The van der Waals surface area contributed by atoms with E-state index in [1.165, 1.54) is 0 Å². The predicted octanol–water partition coefficient (Wildman–Crippen LogP) is 1.64. The van der Waals surface area contributed by atoms with Gasteiger partial charge in [-0.2, -0.15) is 0 Å². The van der Waals surface area contributed by atoms with Gasteiger partial charge in [-0.3, -0.25) is 4.40 Å². The lowest BCUT2D eigenvalue weighted by molar-refractivity contribution is 0.779. The van der Waals surface area contributed by atoms with Crippen LogP contribution in [0.5, 0.6) is 0 Å². The maximum absolute atomic E-state index is 4.48. The molecule has 3 rings (SSSR count). The first-order valence-corrected chi connectivity index (χ1v) is 5.16. The van der Waals surface area contributed by atoms with Gasteiger partial charge in [0, 0.05) is 30.2 Å². The summed E-state index contributed by atoms with van der Waals surface area (Å²) in [5, 5.41) is 2.03. The van der Waals surface area contributed by atoms with Gasteiger partial charge in [-0.25, -0.2) is 9.97 Å². The number of imidazole rings is 2. The maximum Gasteiger partial charge on any atom is 0.193 e. The van der Waals surface area contributed by atoms with Gasteiger partial charge in [-0.05, 0) is 0 Å². The number of nitrogens with zero attached hydrogens (tertiary/aromatic N) is 4. The number of hydrogen-bond acceptors (Lipinski definition) is 3. The zero-order valence-electron chi connectivity index (χ0n) is 7.37. The van der Waals surface area contributed by atoms with Crippen LogP contribution in [-0.4, -0.2) is 18.9 Å². The molecule has 0 aromatic carbocycles. The first-order chi connectivity index (χ1) is 6.92. The topological polar surface area (TPSA) is 35.1 Å². The lowest BCUT2D eigenvalue weighted by Gasteiger charge is -1.95. The molecule has 0 bridgehead atoms. The molecule has 5 heteroatoms. The Morgan fingerprint density at radius 3 is 3.14 bits per heavy atom. The summed E-state index contributed by atoms with van der Waals surface area (Å²) in [6, 6.07) is 0. The fraction of sp³-hybridized carbons (Fsp3) is 0.111. The fourth-order valence-corrected chi connectivity index (χ4v) is 2.14. The molecule has 0 aliphatic rings. The monoisotopic (exact) mass is 204 g/mol. The first kappa shape index (κ1) is 7.75. The normalized spacial score (nSPS) is 11.1. The summed E-state index contributed by atoms with van der Waals surface area (Å²) in [7, 11) is 0. The number of aromatic nitrogens is 4. The van der Waals surface area contributed by atoms with Crippen molar-refractivity contribution in [3.8, 4) is 0 Å². The van der Waals surface area contributed by atoms with Crippen LogP contribution < -0.4 is 0 Å². The Morgan fingerprint density at radius 1 is 1.36 bits per heavy atom. The number of rotatable bonds is 2. The molecule has 0 radical (unpaired) electrons. The summed E-state index contributed by atoms with van der Waals surface area (Å²) in [6.07, 6.45) is 9.58. The van der Waals surface area contributed by atoms with E-state index in [0.29, 0.717) is 0 Å². The minimum absolute atomic E-state index is 0.786. The third-order valence-electron chi connectivity index (χ3n) is 2.05. The Morgan fingerprint density at radius 2 is 2.36 bits per heavy atom. The molecule has 0 N–H and O–H groups in total. The predicted molar refractivity (Wildman–Crippen MR) is 54.4 cm³/mol. The Labute approximate surface area is 84.5 Å². The van der Waals surface area contributed by atoms with Crippen molar-refractivity contribution in [1.82, 2.24) is 18.9 Å². The molecule has 70 valence electrons. The van der Waals surface area contributed by atoms with Crippen LogP contribution in [0.1, 0.15) is 5.69 Å². The van der Waals surface area contributed by atoms with E-state index in [4.69, 9.17) is 0 Å². The average Bonchev–Trinajstić information content (AvgIpc) is 2.78.